The number of hydrogen-bond donors (Lipinski definition) is 1. The number of aryl methyl sites for hydroxylation is 2. The zero-order valence-corrected chi connectivity index (χ0v) is 14.0. The van der Waals surface area contributed by atoms with Crippen LogP contribution in [-0.4, -0.2) is 96.0 Å². The molecular formula is C15H29N5O2. The third kappa shape index (κ3) is 6.00. The molecule has 7 nitrogen and oxygen atoms in total. The maximum absolute atomic E-state index is 10.2. The molecule has 1 N–H and O–H groups in total. The summed E-state index contributed by atoms with van der Waals surface area (Å²) in [5.41, 5.74) is 0. The molecule has 1 atom stereocenters. The van der Waals surface area contributed by atoms with Gasteiger partial charge < -0.3 is 19.3 Å². The van der Waals surface area contributed by atoms with Crippen LogP contribution in [0.2, 0.25) is 0 Å². The van der Waals surface area contributed by atoms with E-state index in [-0.39, 0.29) is 6.10 Å². The summed E-state index contributed by atoms with van der Waals surface area (Å²) in [6, 6.07) is 0. The van der Waals surface area contributed by atoms with Crippen molar-refractivity contribution in [2.75, 3.05) is 59.9 Å². The minimum atomic E-state index is -0.293. The van der Waals surface area contributed by atoms with Crippen molar-refractivity contribution in [2.24, 2.45) is 0 Å². The van der Waals surface area contributed by atoms with Crippen molar-refractivity contribution in [2.45, 2.75) is 25.9 Å². The van der Waals surface area contributed by atoms with Crippen LogP contribution in [0.3, 0.4) is 0 Å². The Balaban J connectivity index is 1.58. The van der Waals surface area contributed by atoms with Crippen molar-refractivity contribution in [1.82, 2.24) is 24.9 Å². The second-order valence-electron chi connectivity index (χ2n) is 6.34. The fraction of sp³-hybridized carbons (Fsp3) is 0.867. The van der Waals surface area contributed by atoms with Crippen LogP contribution in [0.25, 0.3) is 0 Å². The SMILES string of the molecule is Cc1nnc(CCCN(C)CC(O)CN2CCN(C)CC2)o1. The van der Waals surface area contributed by atoms with E-state index in [9.17, 15) is 5.11 Å². The number of piperazine rings is 1. The standard InChI is InChI=1S/C15H29N5O2/c1-13-16-17-15(22-13)5-4-6-19(3)11-14(21)12-20-9-7-18(2)8-10-20/h14,21H,4-12H2,1-3H3. The van der Waals surface area contributed by atoms with Gasteiger partial charge in [0, 0.05) is 52.6 Å². The van der Waals surface area contributed by atoms with Crippen LogP contribution in [0.5, 0.6) is 0 Å². The fourth-order valence-electron chi connectivity index (χ4n) is 2.78. The Bertz CT molecular complexity index is 431. The van der Waals surface area contributed by atoms with Crippen LogP contribution in [-0.2, 0) is 6.42 Å². The van der Waals surface area contributed by atoms with Crippen molar-refractivity contribution in [3.05, 3.63) is 11.8 Å². The monoisotopic (exact) mass is 311 g/mol. The van der Waals surface area contributed by atoms with Gasteiger partial charge in [-0.2, -0.15) is 0 Å². The first kappa shape index (κ1) is 17.3. The predicted molar refractivity (Wildman–Crippen MR) is 84.8 cm³/mol. The molecule has 0 radical (unpaired) electrons. The van der Waals surface area contributed by atoms with Gasteiger partial charge in [-0.15, -0.1) is 10.2 Å². The van der Waals surface area contributed by atoms with Crippen LogP contribution in [0.15, 0.2) is 4.42 Å². The largest absolute Gasteiger partial charge is 0.426 e. The van der Waals surface area contributed by atoms with Gasteiger partial charge in [-0.3, -0.25) is 4.90 Å². The van der Waals surface area contributed by atoms with Gasteiger partial charge in [-0.25, -0.2) is 0 Å². The second kappa shape index (κ2) is 8.57. The molecule has 1 aliphatic heterocycles. The van der Waals surface area contributed by atoms with Gasteiger partial charge in [0.1, 0.15) is 0 Å². The third-order valence-corrected chi connectivity index (χ3v) is 4.09. The molecule has 0 bridgehead atoms. The van der Waals surface area contributed by atoms with Crippen LogP contribution in [0, 0.1) is 6.92 Å². The van der Waals surface area contributed by atoms with E-state index in [1.807, 2.05) is 7.05 Å². The molecule has 1 unspecified atom stereocenters. The number of aliphatic hydroxyl groups is 1. The molecule has 2 rings (SSSR count). The minimum Gasteiger partial charge on any atom is -0.426 e. The average molecular weight is 311 g/mol. The van der Waals surface area contributed by atoms with E-state index >= 15 is 0 Å². The van der Waals surface area contributed by atoms with E-state index in [2.05, 4.69) is 31.9 Å². The summed E-state index contributed by atoms with van der Waals surface area (Å²) < 4.78 is 5.35. The van der Waals surface area contributed by atoms with Crippen molar-refractivity contribution >= 4 is 0 Å². The summed E-state index contributed by atoms with van der Waals surface area (Å²) >= 11 is 0. The second-order valence-corrected chi connectivity index (χ2v) is 6.34. The van der Waals surface area contributed by atoms with Crippen molar-refractivity contribution in [3.8, 4) is 0 Å². The van der Waals surface area contributed by atoms with Gasteiger partial charge in [0.05, 0.1) is 6.10 Å². The zero-order valence-electron chi connectivity index (χ0n) is 14.0. The quantitative estimate of drug-likeness (QED) is 0.716. The number of rotatable bonds is 8. The fourth-order valence-corrected chi connectivity index (χ4v) is 2.78. The maximum Gasteiger partial charge on any atom is 0.216 e. The Kier molecular flexibility index (Phi) is 6.75. The maximum atomic E-state index is 10.2. The number of aromatic nitrogens is 2. The number of β-amino-alcohol motifs (C(OH)–C–C–N with tert-alkyl or cyclic N) is 1. The van der Waals surface area contributed by atoms with E-state index in [0.29, 0.717) is 18.3 Å². The van der Waals surface area contributed by atoms with Gasteiger partial charge in [0.15, 0.2) is 0 Å². The summed E-state index contributed by atoms with van der Waals surface area (Å²) in [5, 5.41) is 18.0. The lowest BCUT2D eigenvalue weighted by atomic mass is 10.2. The number of hydrogen-bond acceptors (Lipinski definition) is 7. The van der Waals surface area contributed by atoms with Crippen molar-refractivity contribution < 1.29 is 9.52 Å². The Hall–Kier alpha value is -1.02. The lowest BCUT2D eigenvalue weighted by molar-refractivity contribution is 0.0605. The Morgan fingerprint density at radius 1 is 1.27 bits per heavy atom. The Labute approximate surface area is 132 Å². The first-order valence-electron chi connectivity index (χ1n) is 8.09. The molecule has 1 aromatic rings. The molecule has 1 saturated heterocycles. The topological polar surface area (TPSA) is 68.9 Å². The van der Waals surface area contributed by atoms with Gasteiger partial charge in [0.2, 0.25) is 11.8 Å². The highest BCUT2D eigenvalue weighted by Crippen LogP contribution is 2.04. The average Bonchev–Trinajstić information content (AvgIpc) is 2.87. The third-order valence-electron chi connectivity index (χ3n) is 4.09. The number of aliphatic hydroxyl groups excluding tert-OH is 1. The van der Waals surface area contributed by atoms with Crippen LogP contribution < -0.4 is 0 Å². The first-order valence-corrected chi connectivity index (χ1v) is 8.09. The molecule has 0 amide bonds. The van der Waals surface area contributed by atoms with Crippen LogP contribution >= 0.6 is 0 Å². The molecule has 1 aromatic heterocycles. The highest BCUT2D eigenvalue weighted by atomic mass is 16.4. The lowest BCUT2D eigenvalue weighted by Crippen LogP contribution is -2.48. The van der Waals surface area contributed by atoms with E-state index in [0.717, 1.165) is 52.1 Å². The number of nitrogens with zero attached hydrogens (tertiary/aromatic N) is 5. The van der Waals surface area contributed by atoms with Crippen molar-refractivity contribution in [1.29, 1.82) is 0 Å². The van der Waals surface area contributed by atoms with E-state index in [4.69, 9.17) is 4.42 Å². The van der Waals surface area contributed by atoms with E-state index in [1.54, 1.807) is 6.92 Å². The zero-order chi connectivity index (χ0) is 15.9. The Morgan fingerprint density at radius 2 is 2.00 bits per heavy atom. The number of likely N-dealkylation sites (N-methyl/N-ethyl adjacent to an activating group) is 2. The van der Waals surface area contributed by atoms with Crippen LogP contribution in [0.1, 0.15) is 18.2 Å². The van der Waals surface area contributed by atoms with Gasteiger partial charge in [-0.1, -0.05) is 0 Å². The molecular weight excluding hydrogens is 282 g/mol. The predicted octanol–water partition coefficient (Wildman–Crippen LogP) is -0.149. The lowest BCUT2D eigenvalue weighted by Gasteiger charge is -2.34. The molecule has 0 spiro atoms. The highest BCUT2D eigenvalue weighted by Gasteiger charge is 2.17. The molecule has 0 aromatic carbocycles. The Morgan fingerprint density at radius 3 is 2.64 bits per heavy atom. The summed E-state index contributed by atoms with van der Waals surface area (Å²) in [5.74, 6) is 1.31. The molecule has 0 saturated carbocycles. The summed E-state index contributed by atoms with van der Waals surface area (Å²) in [6.07, 6.45) is 1.46. The molecule has 126 valence electrons. The van der Waals surface area contributed by atoms with Crippen LogP contribution in [0.4, 0.5) is 0 Å². The van der Waals surface area contributed by atoms with Gasteiger partial charge in [0.25, 0.3) is 0 Å². The minimum absolute atomic E-state index is 0.293. The summed E-state index contributed by atoms with van der Waals surface area (Å²) in [7, 11) is 4.19. The summed E-state index contributed by atoms with van der Waals surface area (Å²) in [4.78, 5) is 6.85. The van der Waals surface area contributed by atoms with E-state index in [1.165, 1.54) is 0 Å². The summed E-state index contributed by atoms with van der Waals surface area (Å²) in [6.45, 7) is 8.47. The van der Waals surface area contributed by atoms with Crippen molar-refractivity contribution in [3.63, 3.8) is 0 Å². The molecule has 2 heterocycles. The van der Waals surface area contributed by atoms with Gasteiger partial charge >= 0.3 is 0 Å². The normalized spacial score (nSPS) is 19.0. The smallest absolute Gasteiger partial charge is 0.216 e. The van der Waals surface area contributed by atoms with E-state index < -0.39 is 0 Å². The molecule has 7 heteroatoms. The molecule has 22 heavy (non-hydrogen) atoms. The molecule has 1 fully saturated rings. The highest BCUT2D eigenvalue weighted by molar-refractivity contribution is 4.79. The molecule has 0 aliphatic carbocycles. The molecule has 1 aliphatic rings. The first-order chi connectivity index (χ1) is 10.5. The van der Waals surface area contributed by atoms with Gasteiger partial charge in [-0.05, 0) is 27.1 Å².